The van der Waals surface area contributed by atoms with Gasteiger partial charge in [0.1, 0.15) is 10.8 Å². The van der Waals surface area contributed by atoms with Gasteiger partial charge in [-0.2, -0.15) is 8.42 Å². The molecule has 0 radical (unpaired) electrons. The summed E-state index contributed by atoms with van der Waals surface area (Å²) in [4.78, 5) is 15.1. The van der Waals surface area contributed by atoms with Crippen LogP contribution in [0.4, 0.5) is 5.69 Å². The van der Waals surface area contributed by atoms with Crippen LogP contribution < -0.4 is 10.8 Å². The lowest BCUT2D eigenvalue weighted by Crippen LogP contribution is -2.37. The molecule has 1 heterocycles. The van der Waals surface area contributed by atoms with Crippen LogP contribution in [-0.2, 0) is 19.2 Å². The predicted octanol–water partition coefficient (Wildman–Crippen LogP) is 2.50. The molecule has 0 aliphatic heterocycles. The highest BCUT2D eigenvalue weighted by Gasteiger charge is 2.17. The van der Waals surface area contributed by atoms with E-state index in [-0.39, 0.29) is 11.1 Å². The summed E-state index contributed by atoms with van der Waals surface area (Å²) in [7, 11) is -3.81. The number of hydrogen-bond donors (Lipinski definition) is 2. The van der Waals surface area contributed by atoms with Crippen LogP contribution in [0.1, 0.15) is 0 Å². The number of carbonyl (C=O) groups excluding carboxylic acids is 1. The van der Waals surface area contributed by atoms with Gasteiger partial charge in [-0.1, -0.05) is 48.0 Å². The lowest BCUT2D eigenvalue weighted by molar-refractivity contribution is -0.108. The van der Waals surface area contributed by atoms with E-state index in [1.54, 1.807) is 4.57 Å². The van der Waals surface area contributed by atoms with Crippen molar-refractivity contribution in [1.29, 1.82) is 0 Å². The zero-order chi connectivity index (χ0) is 19.4. The van der Waals surface area contributed by atoms with E-state index < -0.39 is 10.1 Å². The van der Waals surface area contributed by atoms with Gasteiger partial charge >= 0.3 is 0 Å². The zero-order valence-corrected chi connectivity index (χ0v) is 15.7. The molecule has 3 aromatic rings. The van der Waals surface area contributed by atoms with Gasteiger partial charge < -0.3 is 0 Å². The number of hydrogen-bond acceptors (Lipinski definition) is 5. The quantitative estimate of drug-likeness (QED) is 0.293. The van der Waals surface area contributed by atoms with Crippen molar-refractivity contribution < 1.29 is 17.5 Å². The molecule has 8 nitrogen and oxygen atoms in total. The predicted molar refractivity (Wildman–Crippen MR) is 104 cm³/mol. The van der Waals surface area contributed by atoms with E-state index in [4.69, 9.17) is 11.6 Å². The number of halogens is 1. The Balaban J connectivity index is 2.16. The Morgan fingerprint density at radius 1 is 1.15 bits per heavy atom. The summed E-state index contributed by atoms with van der Waals surface area (Å²) in [5, 5.41) is 3.24. The Kier molecular flexibility index (Phi) is 5.45. The first-order valence-electron chi connectivity index (χ1n) is 7.68. The molecule has 0 saturated carbocycles. The van der Waals surface area contributed by atoms with Gasteiger partial charge in [-0.15, -0.1) is 4.28 Å². The molecule has 2 aromatic carbocycles. The first-order chi connectivity index (χ1) is 12.9. The van der Waals surface area contributed by atoms with E-state index >= 15 is 0 Å². The van der Waals surface area contributed by atoms with E-state index in [9.17, 15) is 13.2 Å². The Morgan fingerprint density at radius 3 is 2.48 bits per heavy atom. The number of nitrogens with zero attached hydrogens (tertiary/aromatic N) is 2. The average molecular weight is 407 g/mol. The Hall–Kier alpha value is -2.88. The fraction of sp³-hybridized carbons (Fsp3) is 0.0588. The second-order valence-electron chi connectivity index (χ2n) is 5.44. The number of benzene rings is 2. The Labute approximate surface area is 160 Å². The fourth-order valence-electron chi connectivity index (χ4n) is 2.49. The fourth-order valence-corrected chi connectivity index (χ4v) is 3.06. The third-order valence-corrected chi connectivity index (χ3v) is 4.25. The number of nitrogens with one attached hydrogen (secondary N) is 2. The van der Waals surface area contributed by atoms with Gasteiger partial charge in [0.25, 0.3) is 10.1 Å². The van der Waals surface area contributed by atoms with Crippen molar-refractivity contribution in [3.63, 3.8) is 0 Å². The first kappa shape index (κ1) is 18.9. The van der Waals surface area contributed by atoms with E-state index in [0.717, 1.165) is 17.5 Å². The molecular formula is C17H15ClN4O4S. The highest BCUT2D eigenvalue weighted by molar-refractivity contribution is 7.85. The molecule has 1 amide bonds. The monoisotopic (exact) mass is 406 g/mol. The van der Waals surface area contributed by atoms with Crippen LogP contribution in [0.3, 0.4) is 0 Å². The molecule has 27 heavy (non-hydrogen) atoms. The molecular weight excluding hydrogens is 392 g/mol. The van der Waals surface area contributed by atoms with Crippen LogP contribution in [0.15, 0.2) is 59.6 Å². The molecule has 3 rings (SSSR count). The minimum atomic E-state index is -3.81. The van der Waals surface area contributed by atoms with Crippen LogP contribution in [0.2, 0.25) is 5.15 Å². The number of para-hydroxylation sites is 2. The molecule has 10 heteroatoms. The number of hydroxylamine groups is 1. The standard InChI is InChI=1S/C17H15ClN4O4S/c1-27(24,25)26-21-17(19-11-23)20-15-13-9-5-6-10-14(13)22(16(15)18)12-7-3-2-4-8-12/h2-11H,1H3,(H2,19,20,21,23). The van der Waals surface area contributed by atoms with Crippen LogP contribution in [0, 0.1) is 0 Å². The maximum Gasteiger partial charge on any atom is 0.285 e. The summed E-state index contributed by atoms with van der Waals surface area (Å²) in [6, 6.07) is 16.8. The molecule has 0 atom stereocenters. The van der Waals surface area contributed by atoms with Crippen molar-refractivity contribution in [2.24, 2.45) is 4.99 Å². The van der Waals surface area contributed by atoms with Crippen molar-refractivity contribution in [2.75, 3.05) is 6.26 Å². The molecule has 0 spiro atoms. The summed E-state index contributed by atoms with van der Waals surface area (Å²) >= 11 is 6.57. The third-order valence-electron chi connectivity index (χ3n) is 3.52. The summed E-state index contributed by atoms with van der Waals surface area (Å²) < 4.78 is 28.6. The minimum absolute atomic E-state index is 0.228. The van der Waals surface area contributed by atoms with Crippen molar-refractivity contribution in [2.45, 2.75) is 0 Å². The SMILES string of the molecule is CS(=O)(=O)ONC(=Nc1c(Cl)n(-c2ccccc2)c2ccccc12)NC=O. The van der Waals surface area contributed by atoms with Crippen LogP contribution in [-0.4, -0.2) is 31.6 Å². The molecule has 0 unspecified atom stereocenters. The average Bonchev–Trinajstić information content (AvgIpc) is 2.92. The molecule has 0 saturated heterocycles. The van der Waals surface area contributed by atoms with Gasteiger partial charge in [0.15, 0.2) is 0 Å². The largest absolute Gasteiger partial charge is 0.298 e. The second-order valence-corrected chi connectivity index (χ2v) is 7.37. The van der Waals surface area contributed by atoms with E-state index in [2.05, 4.69) is 20.1 Å². The normalized spacial score (nSPS) is 12.1. The smallest absolute Gasteiger partial charge is 0.285 e. The zero-order valence-electron chi connectivity index (χ0n) is 14.1. The number of fused-ring (bicyclic) bond motifs is 1. The second kappa shape index (κ2) is 7.78. The maximum absolute atomic E-state index is 11.2. The lowest BCUT2D eigenvalue weighted by Gasteiger charge is -2.07. The van der Waals surface area contributed by atoms with Gasteiger partial charge in [0.05, 0.1) is 11.8 Å². The van der Waals surface area contributed by atoms with Gasteiger partial charge in [0.2, 0.25) is 12.4 Å². The number of aliphatic imine (C=N–C) groups is 1. The topological polar surface area (TPSA) is 102 Å². The Morgan fingerprint density at radius 2 is 1.81 bits per heavy atom. The van der Waals surface area contributed by atoms with Crippen molar-refractivity contribution in [3.8, 4) is 5.69 Å². The molecule has 0 bridgehead atoms. The number of rotatable bonds is 5. The van der Waals surface area contributed by atoms with E-state index in [1.807, 2.05) is 54.6 Å². The van der Waals surface area contributed by atoms with Crippen molar-refractivity contribution >= 4 is 50.7 Å². The molecule has 140 valence electrons. The number of carbonyl (C=O) groups is 1. The Bertz CT molecular complexity index is 1110. The maximum atomic E-state index is 11.2. The summed E-state index contributed by atoms with van der Waals surface area (Å²) in [6.45, 7) is 0. The van der Waals surface area contributed by atoms with Crippen LogP contribution >= 0.6 is 11.6 Å². The highest BCUT2D eigenvalue weighted by Crippen LogP contribution is 2.39. The van der Waals surface area contributed by atoms with Gasteiger partial charge in [-0.05, 0) is 18.2 Å². The third kappa shape index (κ3) is 4.27. The van der Waals surface area contributed by atoms with Gasteiger partial charge in [0, 0.05) is 11.1 Å². The van der Waals surface area contributed by atoms with Gasteiger partial charge in [-0.3, -0.25) is 14.7 Å². The van der Waals surface area contributed by atoms with E-state index in [0.29, 0.717) is 17.5 Å². The molecule has 0 aliphatic rings. The molecule has 2 N–H and O–H groups in total. The summed E-state index contributed by atoms with van der Waals surface area (Å²) in [6.07, 6.45) is 1.19. The van der Waals surface area contributed by atoms with Gasteiger partial charge in [-0.25, -0.2) is 10.5 Å². The highest BCUT2D eigenvalue weighted by atomic mass is 35.5. The molecule has 1 aromatic heterocycles. The van der Waals surface area contributed by atoms with Crippen LogP contribution in [0.25, 0.3) is 16.6 Å². The van der Waals surface area contributed by atoms with Crippen LogP contribution in [0.5, 0.6) is 0 Å². The van der Waals surface area contributed by atoms with Crippen molar-refractivity contribution in [1.82, 2.24) is 15.4 Å². The molecule has 0 fully saturated rings. The minimum Gasteiger partial charge on any atom is -0.298 e. The summed E-state index contributed by atoms with van der Waals surface area (Å²) in [5.74, 6) is -0.228. The van der Waals surface area contributed by atoms with E-state index in [1.165, 1.54) is 0 Å². The summed E-state index contributed by atoms with van der Waals surface area (Å²) in [5.41, 5.74) is 4.06. The number of aromatic nitrogens is 1. The number of amides is 1. The first-order valence-corrected chi connectivity index (χ1v) is 9.88. The molecule has 0 aliphatic carbocycles. The number of guanidine groups is 1. The van der Waals surface area contributed by atoms with Crippen molar-refractivity contribution in [3.05, 3.63) is 59.8 Å². The lowest BCUT2D eigenvalue weighted by atomic mass is 10.2.